The number of aliphatic hydroxyl groups excluding tert-OH is 1. The molecule has 1 unspecified atom stereocenters. The van der Waals surface area contributed by atoms with E-state index in [9.17, 15) is 5.11 Å². The van der Waals surface area contributed by atoms with E-state index >= 15 is 0 Å². The molecule has 0 aliphatic heterocycles. The molecule has 0 radical (unpaired) electrons. The molecule has 1 atom stereocenters. The zero-order valence-corrected chi connectivity index (χ0v) is 11.6. The molecule has 0 spiro atoms. The fourth-order valence-corrected chi connectivity index (χ4v) is 1.94. The maximum absolute atomic E-state index is 10.3. The normalized spacial score (nSPS) is 13.8. The lowest BCUT2D eigenvalue weighted by atomic mass is 9.92. The van der Waals surface area contributed by atoms with Crippen molar-refractivity contribution in [2.75, 3.05) is 6.61 Å². The Bertz CT molecular complexity index is 369. The van der Waals surface area contributed by atoms with E-state index in [1.807, 2.05) is 20.8 Å². The first kappa shape index (κ1) is 14.2. The quantitative estimate of drug-likeness (QED) is 0.851. The van der Waals surface area contributed by atoms with Crippen LogP contribution in [0.25, 0.3) is 0 Å². The van der Waals surface area contributed by atoms with Crippen LogP contribution in [0.3, 0.4) is 0 Å². The summed E-state index contributed by atoms with van der Waals surface area (Å²) in [5.41, 5.74) is 3.16. The molecule has 1 aromatic rings. The van der Waals surface area contributed by atoms with Crippen LogP contribution in [0.15, 0.2) is 18.2 Å². The summed E-state index contributed by atoms with van der Waals surface area (Å²) in [7, 11) is 0. The van der Waals surface area contributed by atoms with Gasteiger partial charge >= 0.3 is 0 Å². The summed E-state index contributed by atoms with van der Waals surface area (Å²) in [6.45, 7) is 10.6. The van der Waals surface area contributed by atoms with Crippen LogP contribution in [0.1, 0.15) is 37.5 Å². The summed E-state index contributed by atoms with van der Waals surface area (Å²) in [4.78, 5) is 0. The van der Waals surface area contributed by atoms with Crippen LogP contribution in [0.4, 0.5) is 0 Å². The van der Waals surface area contributed by atoms with E-state index in [2.05, 4.69) is 32.0 Å². The zero-order valence-electron chi connectivity index (χ0n) is 11.6. The minimum absolute atomic E-state index is 0.483. The average Bonchev–Trinajstić information content (AvgIpc) is 2.23. The van der Waals surface area contributed by atoms with Crippen molar-refractivity contribution in [3.8, 4) is 0 Å². The lowest BCUT2D eigenvalue weighted by Crippen LogP contribution is -2.40. The maximum atomic E-state index is 10.3. The van der Waals surface area contributed by atoms with Crippen LogP contribution in [0.2, 0.25) is 0 Å². The van der Waals surface area contributed by atoms with Gasteiger partial charge in [0.2, 0.25) is 0 Å². The van der Waals surface area contributed by atoms with Gasteiger partial charge in [0.15, 0.2) is 0 Å². The summed E-state index contributed by atoms with van der Waals surface area (Å²) < 4.78 is 5.58. The molecule has 0 amide bonds. The van der Waals surface area contributed by atoms with Gasteiger partial charge < -0.3 is 9.84 Å². The Kier molecular flexibility index (Phi) is 4.72. The summed E-state index contributed by atoms with van der Waals surface area (Å²) in [5, 5.41) is 10.3. The van der Waals surface area contributed by atoms with Crippen LogP contribution in [-0.4, -0.2) is 23.4 Å². The molecular formula is C15H24O2. The third-order valence-electron chi connectivity index (χ3n) is 3.24. The fraction of sp³-hybridized carbons (Fsp3) is 0.600. The van der Waals surface area contributed by atoms with Gasteiger partial charge in [0.25, 0.3) is 0 Å². The monoisotopic (exact) mass is 236 g/mol. The molecule has 96 valence electrons. The Labute approximate surface area is 105 Å². The largest absolute Gasteiger partial charge is 0.390 e. The number of rotatable bonds is 5. The van der Waals surface area contributed by atoms with Gasteiger partial charge in [-0.3, -0.25) is 0 Å². The highest BCUT2D eigenvalue weighted by molar-refractivity contribution is 5.31. The van der Waals surface area contributed by atoms with Crippen LogP contribution >= 0.6 is 0 Å². The smallest absolute Gasteiger partial charge is 0.0887 e. The summed E-state index contributed by atoms with van der Waals surface area (Å²) in [6.07, 6.45) is 0.156. The van der Waals surface area contributed by atoms with Crippen molar-refractivity contribution >= 4 is 0 Å². The van der Waals surface area contributed by atoms with Gasteiger partial charge in [-0.1, -0.05) is 23.8 Å². The van der Waals surface area contributed by atoms with E-state index in [-0.39, 0.29) is 0 Å². The van der Waals surface area contributed by atoms with Crippen molar-refractivity contribution in [2.24, 2.45) is 0 Å². The Morgan fingerprint density at radius 1 is 1.29 bits per heavy atom. The van der Waals surface area contributed by atoms with Crippen molar-refractivity contribution < 1.29 is 9.84 Å². The number of hydrogen-bond donors (Lipinski definition) is 1. The highest BCUT2D eigenvalue weighted by Gasteiger charge is 2.28. The van der Waals surface area contributed by atoms with Gasteiger partial charge in [-0.15, -0.1) is 0 Å². The number of hydrogen-bond acceptors (Lipinski definition) is 2. The third kappa shape index (κ3) is 3.83. The van der Waals surface area contributed by atoms with E-state index in [4.69, 9.17) is 4.74 Å². The van der Waals surface area contributed by atoms with E-state index in [0.29, 0.717) is 13.0 Å². The second kappa shape index (κ2) is 5.65. The fourth-order valence-electron chi connectivity index (χ4n) is 1.94. The summed E-state index contributed by atoms with van der Waals surface area (Å²) in [5.74, 6) is 0. The minimum Gasteiger partial charge on any atom is -0.390 e. The van der Waals surface area contributed by atoms with Crippen molar-refractivity contribution in [2.45, 2.75) is 52.7 Å². The zero-order chi connectivity index (χ0) is 13.1. The highest BCUT2D eigenvalue weighted by atomic mass is 16.5. The number of aryl methyl sites for hydroxylation is 2. The molecule has 0 fully saturated rings. The van der Waals surface area contributed by atoms with Crippen LogP contribution in [-0.2, 0) is 11.2 Å². The third-order valence-corrected chi connectivity index (χ3v) is 3.24. The van der Waals surface area contributed by atoms with Crippen LogP contribution < -0.4 is 0 Å². The Morgan fingerprint density at radius 2 is 1.94 bits per heavy atom. The molecule has 17 heavy (non-hydrogen) atoms. The maximum Gasteiger partial charge on any atom is 0.0887 e. The van der Waals surface area contributed by atoms with Gasteiger partial charge in [-0.25, -0.2) is 0 Å². The molecule has 0 aromatic heterocycles. The summed E-state index contributed by atoms with van der Waals surface area (Å²) in [6, 6.07) is 6.34. The van der Waals surface area contributed by atoms with Crippen molar-refractivity contribution in [3.05, 3.63) is 34.9 Å². The average molecular weight is 236 g/mol. The topological polar surface area (TPSA) is 29.5 Å². The Balaban J connectivity index is 2.80. The molecule has 1 aromatic carbocycles. The van der Waals surface area contributed by atoms with Gasteiger partial charge in [0.1, 0.15) is 0 Å². The molecule has 0 heterocycles. The van der Waals surface area contributed by atoms with E-state index in [0.717, 1.165) is 0 Å². The van der Waals surface area contributed by atoms with Gasteiger partial charge in [0, 0.05) is 13.0 Å². The number of benzene rings is 1. The van der Waals surface area contributed by atoms with Gasteiger partial charge in [-0.2, -0.15) is 0 Å². The Hall–Kier alpha value is -0.860. The first-order chi connectivity index (χ1) is 7.86. The molecule has 2 nitrogen and oxygen atoms in total. The number of aliphatic hydroxyl groups is 1. The highest BCUT2D eigenvalue weighted by Crippen LogP contribution is 2.21. The van der Waals surface area contributed by atoms with E-state index in [1.165, 1.54) is 16.7 Å². The first-order valence-electron chi connectivity index (χ1n) is 6.25. The molecule has 1 rings (SSSR count). The Morgan fingerprint density at radius 3 is 2.53 bits per heavy atom. The molecule has 0 saturated carbocycles. The SMILES string of the molecule is CCOC(C)(C)C(O)Cc1cc(C)ccc1C. The molecule has 2 heteroatoms. The minimum atomic E-state index is -0.495. The second-order valence-corrected chi connectivity index (χ2v) is 5.19. The molecular weight excluding hydrogens is 212 g/mol. The predicted molar refractivity (Wildman–Crippen MR) is 71.3 cm³/mol. The van der Waals surface area contributed by atoms with E-state index in [1.54, 1.807) is 0 Å². The van der Waals surface area contributed by atoms with Crippen molar-refractivity contribution in [1.82, 2.24) is 0 Å². The molecule has 1 N–H and O–H groups in total. The van der Waals surface area contributed by atoms with Crippen LogP contribution in [0, 0.1) is 13.8 Å². The molecule has 0 bridgehead atoms. The standard InChI is InChI=1S/C15H24O2/c1-6-17-15(4,5)14(16)10-13-9-11(2)7-8-12(13)3/h7-9,14,16H,6,10H2,1-5H3. The van der Waals surface area contributed by atoms with Gasteiger partial charge in [0.05, 0.1) is 11.7 Å². The predicted octanol–water partition coefficient (Wildman–Crippen LogP) is 3.02. The number of ether oxygens (including phenoxy) is 1. The molecule has 0 aliphatic carbocycles. The van der Waals surface area contributed by atoms with Crippen LogP contribution in [0.5, 0.6) is 0 Å². The second-order valence-electron chi connectivity index (χ2n) is 5.19. The molecule has 0 saturated heterocycles. The van der Waals surface area contributed by atoms with Crippen molar-refractivity contribution in [1.29, 1.82) is 0 Å². The van der Waals surface area contributed by atoms with Gasteiger partial charge in [-0.05, 0) is 45.7 Å². The lowest BCUT2D eigenvalue weighted by molar-refractivity contribution is -0.0955. The van der Waals surface area contributed by atoms with Crippen molar-refractivity contribution in [3.63, 3.8) is 0 Å². The summed E-state index contributed by atoms with van der Waals surface area (Å²) >= 11 is 0. The lowest BCUT2D eigenvalue weighted by Gasteiger charge is -2.30. The molecule has 0 aliphatic rings. The van der Waals surface area contributed by atoms with E-state index < -0.39 is 11.7 Å². The first-order valence-corrected chi connectivity index (χ1v) is 6.25.